The van der Waals surface area contributed by atoms with Gasteiger partial charge in [-0.25, -0.2) is 8.42 Å². The predicted molar refractivity (Wildman–Crippen MR) is 86.3 cm³/mol. The second-order valence-electron chi connectivity index (χ2n) is 4.62. The van der Waals surface area contributed by atoms with E-state index in [4.69, 9.17) is 14.7 Å². The SMILES string of the molecule is COc1ccc(N(C)S(=O)(=O)c2ccccc2C#N)cc1OC. The Morgan fingerprint density at radius 3 is 2.30 bits per heavy atom. The average Bonchev–Trinajstić information content (AvgIpc) is 2.60. The van der Waals surface area contributed by atoms with Crippen LogP contribution in [0, 0.1) is 11.3 Å². The minimum atomic E-state index is -3.86. The highest BCUT2D eigenvalue weighted by Crippen LogP contribution is 2.33. The fourth-order valence-corrected chi connectivity index (χ4v) is 3.42. The molecular formula is C16H16N2O4S. The van der Waals surface area contributed by atoms with Crippen molar-refractivity contribution in [3.8, 4) is 17.6 Å². The summed E-state index contributed by atoms with van der Waals surface area (Å²) in [7, 11) is 0.531. The quantitative estimate of drug-likeness (QED) is 0.840. The number of hydrogen-bond acceptors (Lipinski definition) is 5. The molecule has 0 N–H and O–H groups in total. The van der Waals surface area contributed by atoms with Crippen LogP contribution < -0.4 is 13.8 Å². The van der Waals surface area contributed by atoms with Gasteiger partial charge < -0.3 is 9.47 Å². The van der Waals surface area contributed by atoms with E-state index in [1.165, 1.54) is 33.4 Å². The Bertz CT molecular complexity index is 857. The van der Waals surface area contributed by atoms with Crippen molar-refractivity contribution in [2.45, 2.75) is 4.90 Å². The molecule has 0 amide bonds. The molecule has 2 aromatic carbocycles. The molecule has 0 heterocycles. The Balaban J connectivity index is 2.51. The topological polar surface area (TPSA) is 79.6 Å². The second kappa shape index (κ2) is 6.58. The summed E-state index contributed by atoms with van der Waals surface area (Å²) < 4.78 is 37.0. The lowest BCUT2D eigenvalue weighted by Gasteiger charge is -2.21. The minimum absolute atomic E-state index is 0.0419. The maximum atomic E-state index is 12.8. The van der Waals surface area contributed by atoms with Crippen LogP contribution in [-0.2, 0) is 10.0 Å². The lowest BCUT2D eigenvalue weighted by molar-refractivity contribution is 0.355. The van der Waals surface area contributed by atoms with Gasteiger partial charge in [0, 0.05) is 13.1 Å². The highest BCUT2D eigenvalue weighted by molar-refractivity contribution is 7.92. The molecule has 23 heavy (non-hydrogen) atoms. The number of nitriles is 1. The van der Waals surface area contributed by atoms with Gasteiger partial charge in [0.1, 0.15) is 11.0 Å². The summed E-state index contributed by atoms with van der Waals surface area (Å²) in [5.74, 6) is 0.917. The monoisotopic (exact) mass is 332 g/mol. The van der Waals surface area contributed by atoms with Crippen LogP contribution >= 0.6 is 0 Å². The number of nitrogens with zero attached hydrogens (tertiary/aromatic N) is 2. The molecule has 7 heteroatoms. The third kappa shape index (κ3) is 3.07. The molecule has 6 nitrogen and oxygen atoms in total. The zero-order chi connectivity index (χ0) is 17.0. The first-order chi connectivity index (χ1) is 11.0. The zero-order valence-corrected chi connectivity index (χ0v) is 13.8. The molecule has 0 radical (unpaired) electrons. The molecule has 0 saturated heterocycles. The number of rotatable bonds is 5. The fourth-order valence-electron chi connectivity index (χ4n) is 2.09. The van der Waals surface area contributed by atoms with E-state index in [-0.39, 0.29) is 10.5 Å². The van der Waals surface area contributed by atoms with Gasteiger partial charge in [-0.2, -0.15) is 5.26 Å². The van der Waals surface area contributed by atoms with E-state index < -0.39 is 10.0 Å². The number of anilines is 1. The van der Waals surface area contributed by atoms with Crippen LogP contribution in [0.1, 0.15) is 5.56 Å². The summed E-state index contributed by atoms with van der Waals surface area (Å²) >= 11 is 0. The van der Waals surface area contributed by atoms with E-state index in [0.717, 1.165) is 4.31 Å². The average molecular weight is 332 g/mol. The van der Waals surface area contributed by atoms with Gasteiger partial charge in [0.15, 0.2) is 11.5 Å². The number of ether oxygens (including phenoxy) is 2. The first-order valence-corrected chi connectivity index (χ1v) is 8.09. The third-order valence-corrected chi connectivity index (χ3v) is 5.22. The van der Waals surface area contributed by atoms with E-state index in [0.29, 0.717) is 17.2 Å². The molecule has 0 bridgehead atoms. The van der Waals surface area contributed by atoms with Crippen LogP contribution in [0.25, 0.3) is 0 Å². The van der Waals surface area contributed by atoms with Crippen molar-refractivity contribution >= 4 is 15.7 Å². The molecule has 2 rings (SSSR count). The van der Waals surface area contributed by atoms with E-state index in [9.17, 15) is 8.42 Å². The van der Waals surface area contributed by atoms with E-state index in [1.54, 1.807) is 30.3 Å². The lowest BCUT2D eigenvalue weighted by Crippen LogP contribution is -2.27. The summed E-state index contributed by atoms with van der Waals surface area (Å²) in [6, 6.07) is 12.8. The van der Waals surface area contributed by atoms with Crippen molar-refractivity contribution in [2.75, 3.05) is 25.6 Å². The summed E-state index contributed by atoms with van der Waals surface area (Å²) in [5, 5.41) is 9.12. The van der Waals surface area contributed by atoms with Gasteiger partial charge in [-0.1, -0.05) is 12.1 Å². The normalized spacial score (nSPS) is 10.7. The maximum Gasteiger partial charge on any atom is 0.265 e. The molecule has 0 atom stereocenters. The molecule has 2 aromatic rings. The number of sulfonamides is 1. The Morgan fingerprint density at radius 1 is 1.04 bits per heavy atom. The first kappa shape index (κ1) is 16.6. The first-order valence-electron chi connectivity index (χ1n) is 6.65. The van der Waals surface area contributed by atoms with Crippen LogP contribution in [-0.4, -0.2) is 29.7 Å². The van der Waals surface area contributed by atoms with Gasteiger partial charge >= 0.3 is 0 Å². The molecule has 0 aromatic heterocycles. The second-order valence-corrected chi connectivity index (χ2v) is 6.56. The number of benzene rings is 2. The van der Waals surface area contributed by atoms with Crippen molar-refractivity contribution in [3.05, 3.63) is 48.0 Å². The Hall–Kier alpha value is -2.72. The smallest absolute Gasteiger partial charge is 0.265 e. The molecule has 0 unspecified atom stereocenters. The van der Waals surface area contributed by atoms with Gasteiger partial charge in [-0.05, 0) is 24.3 Å². The molecular weight excluding hydrogens is 316 g/mol. The maximum absolute atomic E-state index is 12.8. The highest BCUT2D eigenvalue weighted by Gasteiger charge is 2.25. The highest BCUT2D eigenvalue weighted by atomic mass is 32.2. The largest absolute Gasteiger partial charge is 0.493 e. The zero-order valence-electron chi connectivity index (χ0n) is 13.0. The standard InChI is InChI=1S/C16H16N2O4S/c1-18(13-8-9-14(21-2)15(10-13)22-3)23(19,20)16-7-5-4-6-12(16)11-17/h4-10H,1-3H3. The van der Waals surface area contributed by atoms with Crippen LogP contribution in [0.5, 0.6) is 11.5 Å². The molecule has 0 saturated carbocycles. The Morgan fingerprint density at radius 2 is 1.70 bits per heavy atom. The third-order valence-electron chi connectivity index (χ3n) is 3.38. The van der Waals surface area contributed by atoms with E-state index in [1.807, 2.05) is 6.07 Å². The Kier molecular flexibility index (Phi) is 4.77. The summed E-state index contributed by atoms with van der Waals surface area (Å²) in [6.07, 6.45) is 0. The predicted octanol–water partition coefficient (Wildman–Crippen LogP) is 2.40. The molecule has 0 aliphatic carbocycles. The molecule has 0 fully saturated rings. The molecule has 0 aliphatic heterocycles. The van der Waals surface area contributed by atoms with Crippen molar-refractivity contribution in [1.82, 2.24) is 0 Å². The van der Waals surface area contributed by atoms with Gasteiger partial charge in [0.25, 0.3) is 10.0 Å². The molecule has 0 spiro atoms. The summed E-state index contributed by atoms with van der Waals surface area (Å²) in [4.78, 5) is -0.0419. The van der Waals surface area contributed by atoms with Crippen LogP contribution in [0.3, 0.4) is 0 Å². The van der Waals surface area contributed by atoms with E-state index in [2.05, 4.69) is 0 Å². The van der Waals surface area contributed by atoms with Crippen molar-refractivity contribution in [2.24, 2.45) is 0 Å². The molecule has 120 valence electrons. The van der Waals surface area contributed by atoms with E-state index >= 15 is 0 Å². The van der Waals surface area contributed by atoms with Crippen LogP contribution in [0.4, 0.5) is 5.69 Å². The Labute approximate surface area is 135 Å². The van der Waals surface area contributed by atoms with Crippen LogP contribution in [0.2, 0.25) is 0 Å². The molecule has 0 aliphatic rings. The number of methoxy groups -OCH3 is 2. The van der Waals surface area contributed by atoms with Gasteiger partial charge in [-0.15, -0.1) is 0 Å². The van der Waals surface area contributed by atoms with Crippen molar-refractivity contribution in [1.29, 1.82) is 5.26 Å². The number of hydrogen-bond donors (Lipinski definition) is 0. The van der Waals surface area contributed by atoms with Crippen molar-refractivity contribution in [3.63, 3.8) is 0 Å². The fraction of sp³-hybridized carbons (Fsp3) is 0.188. The summed E-state index contributed by atoms with van der Waals surface area (Å²) in [6.45, 7) is 0. The van der Waals surface area contributed by atoms with Crippen molar-refractivity contribution < 1.29 is 17.9 Å². The van der Waals surface area contributed by atoms with Gasteiger partial charge in [0.2, 0.25) is 0 Å². The van der Waals surface area contributed by atoms with Gasteiger partial charge in [0.05, 0.1) is 25.5 Å². The lowest BCUT2D eigenvalue weighted by atomic mass is 10.2. The van der Waals surface area contributed by atoms with Gasteiger partial charge in [-0.3, -0.25) is 4.31 Å². The summed E-state index contributed by atoms with van der Waals surface area (Å²) in [5.41, 5.74) is 0.496. The van der Waals surface area contributed by atoms with Crippen LogP contribution in [0.15, 0.2) is 47.4 Å². The minimum Gasteiger partial charge on any atom is -0.493 e.